The summed E-state index contributed by atoms with van der Waals surface area (Å²) in [6.07, 6.45) is 0. The number of hydrogen-bond donors (Lipinski definition) is 1. The monoisotopic (exact) mass is 351 g/mol. The van der Waals surface area contributed by atoms with E-state index in [-0.39, 0.29) is 5.91 Å². The summed E-state index contributed by atoms with van der Waals surface area (Å²) in [5, 5.41) is 3.01. The zero-order chi connectivity index (χ0) is 18.5. The Morgan fingerprint density at radius 1 is 1.04 bits per heavy atom. The van der Waals surface area contributed by atoms with Crippen LogP contribution in [0.5, 0.6) is 0 Å². The molecule has 0 aromatic heterocycles. The van der Waals surface area contributed by atoms with Crippen molar-refractivity contribution in [1.82, 2.24) is 4.90 Å². The lowest BCUT2D eigenvalue weighted by Gasteiger charge is -2.35. The fourth-order valence-electron chi connectivity index (χ4n) is 3.34. The molecule has 1 heterocycles. The van der Waals surface area contributed by atoms with Gasteiger partial charge < -0.3 is 10.2 Å². The number of aryl methyl sites for hydroxylation is 1. The Bertz CT molecular complexity index is 731. The first-order chi connectivity index (χ1) is 12.5. The molecular formula is C22H29N3O. The number of nitrogens with zero attached hydrogens (tertiary/aromatic N) is 2. The quantitative estimate of drug-likeness (QED) is 0.888. The van der Waals surface area contributed by atoms with Gasteiger partial charge in [-0.05, 0) is 48.2 Å². The van der Waals surface area contributed by atoms with Crippen molar-refractivity contribution in [2.75, 3.05) is 42.9 Å². The molecule has 1 N–H and O–H groups in total. The molecule has 2 aromatic rings. The molecule has 3 rings (SSSR count). The predicted molar refractivity (Wildman–Crippen MR) is 109 cm³/mol. The number of hydrogen-bond acceptors (Lipinski definition) is 3. The molecule has 0 saturated carbocycles. The van der Waals surface area contributed by atoms with Gasteiger partial charge in [0, 0.05) is 37.6 Å². The van der Waals surface area contributed by atoms with Crippen LogP contribution in [0.1, 0.15) is 30.9 Å². The Morgan fingerprint density at radius 3 is 2.35 bits per heavy atom. The smallest absolute Gasteiger partial charge is 0.238 e. The Labute approximate surface area is 156 Å². The summed E-state index contributed by atoms with van der Waals surface area (Å²) < 4.78 is 0. The molecule has 0 spiro atoms. The lowest BCUT2D eigenvalue weighted by atomic mass is 10.0. The number of rotatable bonds is 5. The van der Waals surface area contributed by atoms with Crippen LogP contribution in [0, 0.1) is 6.92 Å². The van der Waals surface area contributed by atoms with Crippen molar-refractivity contribution >= 4 is 17.3 Å². The summed E-state index contributed by atoms with van der Waals surface area (Å²) in [5.74, 6) is 0.566. The van der Waals surface area contributed by atoms with Gasteiger partial charge in [0.15, 0.2) is 0 Å². The standard InChI is InChI=1S/C22H29N3O/c1-17(2)19-7-9-20(10-8-19)23-22(26)16-24-11-13-25(14-12-24)21-6-4-5-18(3)15-21/h4-10,15,17H,11-14,16H2,1-3H3,(H,23,26). The number of piperazine rings is 1. The Hall–Kier alpha value is -2.33. The first-order valence-electron chi connectivity index (χ1n) is 9.45. The highest BCUT2D eigenvalue weighted by atomic mass is 16.2. The van der Waals surface area contributed by atoms with Gasteiger partial charge in [-0.15, -0.1) is 0 Å². The second-order valence-electron chi connectivity index (χ2n) is 7.43. The number of carbonyl (C=O) groups excluding carboxylic acids is 1. The lowest BCUT2D eigenvalue weighted by molar-refractivity contribution is -0.117. The van der Waals surface area contributed by atoms with E-state index in [0.717, 1.165) is 31.9 Å². The predicted octanol–water partition coefficient (Wildman–Crippen LogP) is 3.88. The largest absolute Gasteiger partial charge is 0.369 e. The van der Waals surface area contributed by atoms with Gasteiger partial charge in [-0.25, -0.2) is 0 Å². The zero-order valence-electron chi connectivity index (χ0n) is 16.0. The van der Waals surface area contributed by atoms with Crippen LogP contribution in [0.15, 0.2) is 48.5 Å². The highest BCUT2D eigenvalue weighted by Crippen LogP contribution is 2.19. The number of benzene rings is 2. The van der Waals surface area contributed by atoms with Crippen LogP contribution in [-0.2, 0) is 4.79 Å². The van der Waals surface area contributed by atoms with Crippen LogP contribution in [0.25, 0.3) is 0 Å². The SMILES string of the molecule is Cc1cccc(N2CCN(CC(=O)Nc3ccc(C(C)C)cc3)CC2)c1. The fraction of sp³-hybridized carbons (Fsp3) is 0.409. The summed E-state index contributed by atoms with van der Waals surface area (Å²) >= 11 is 0. The molecule has 138 valence electrons. The van der Waals surface area contributed by atoms with E-state index in [0.29, 0.717) is 12.5 Å². The Morgan fingerprint density at radius 2 is 1.73 bits per heavy atom. The van der Waals surface area contributed by atoms with Crippen LogP contribution < -0.4 is 10.2 Å². The maximum absolute atomic E-state index is 12.3. The van der Waals surface area contributed by atoms with Crippen molar-refractivity contribution in [3.8, 4) is 0 Å². The van der Waals surface area contributed by atoms with Gasteiger partial charge in [-0.3, -0.25) is 9.69 Å². The van der Waals surface area contributed by atoms with Crippen LogP contribution in [-0.4, -0.2) is 43.5 Å². The van der Waals surface area contributed by atoms with Crippen molar-refractivity contribution < 1.29 is 4.79 Å². The van der Waals surface area contributed by atoms with Gasteiger partial charge >= 0.3 is 0 Å². The number of anilines is 2. The maximum atomic E-state index is 12.3. The van der Waals surface area contributed by atoms with E-state index in [2.05, 4.69) is 72.3 Å². The summed E-state index contributed by atoms with van der Waals surface area (Å²) in [6, 6.07) is 16.8. The van der Waals surface area contributed by atoms with Gasteiger partial charge in [0.25, 0.3) is 0 Å². The number of nitrogens with one attached hydrogen (secondary N) is 1. The highest BCUT2D eigenvalue weighted by Gasteiger charge is 2.19. The van der Waals surface area contributed by atoms with Crippen molar-refractivity contribution in [1.29, 1.82) is 0 Å². The third-order valence-corrected chi connectivity index (χ3v) is 4.97. The van der Waals surface area contributed by atoms with Crippen LogP contribution >= 0.6 is 0 Å². The van der Waals surface area contributed by atoms with E-state index < -0.39 is 0 Å². The molecule has 0 atom stereocenters. The molecule has 4 nitrogen and oxygen atoms in total. The second kappa shape index (κ2) is 8.37. The Balaban J connectivity index is 1.47. The minimum absolute atomic E-state index is 0.0614. The van der Waals surface area contributed by atoms with Gasteiger partial charge in [0.05, 0.1) is 6.54 Å². The van der Waals surface area contributed by atoms with E-state index in [1.165, 1.54) is 16.8 Å². The van der Waals surface area contributed by atoms with Crippen LogP contribution in [0.2, 0.25) is 0 Å². The van der Waals surface area contributed by atoms with Gasteiger partial charge in [-0.2, -0.15) is 0 Å². The van der Waals surface area contributed by atoms with E-state index in [1.807, 2.05) is 12.1 Å². The fourth-order valence-corrected chi connectivity index (χ4v) is 3.34. The molecule has 1 saturated heterocycles. The third kappa shape index (κ3) is 4.85. The van der Waals surface area contributed by atoms with E-state index in [9.17, 15) is 4.79 Å². The van der Waals surface area contributed by atoms with Crippen molar-refractivity contribution in [3.63, 3.8) is 0 Å². The van der Waals surface area contributed by atoms with E-state index >= 15 is 0 Å². The van der Waals surface area contributed by atoms with Gasteiger partial charge in [0.1, 0.15) is 0 Å². The second-order valence-corrected chi connectivity index (χ2v) is 7.43. The maximum Gasteiger partial charge on any atom is 0.238 e. The van der Waals surface area contributed by atoms with Crippen LogP contribution in [0.3, 0.4) is 0 Å². The Kier molecular flexibility index (Phi) is 5.94. The van der Waals surface area contributed by atoms with E-state index in [4.69, 9.17) is 0 Å². The minimum Gasteiger partial charge on any atom is -0.369 e. The summed E-state index contributed by atoms with van der Waals surface area (Å²) in [6.45, 7) is 10.7. The van der Waals surface area contributed by atoms with E-state index in [1.54, 1.807) is 0 Å². The normalized spacial score (nSPS) is 15.3. The average Bonchev–Trinajstić information content (AvgIpc) is 2.62. The number of amides is 1. The zero-order valence-corrected chi connectivity index (χ0v) is 16.0. The number of carbonyl (C=O) groups is 1. The van der Waals surface area contributed by atoms with Gasteiger partial charge in [0.2, 0.25) is 5.91 Å². The summed E-state index contributed by atoms with van der Waals surface area (Å²) in [4.78, 5) is 17.0. The highest BCUT2D eigenvalue weighted by molar-refractivity contribution is 5.92. The molecule has 26 heavy (non-hydrogen) atoms. The van der Waals surface area contributed by atoms with Crippen molar-refractivity contribution in [3.05, 3.63) is 59.7 Å². The summed E-state index contributed by atoms with van der Waals surface area (Å²) in [7, 11) is 0. The molecule has 1 aliphatic rings. The molecule has 1 aliphatic heterocycles. The third-order valence-electron chi connectivity index (χ3n) is 4.97. The first kappa shape index (κ1) is 18.5. The molecule has 4 heteroatoms. The molecule has 1 amide bonds. The minimum atomic E-state index is 0.0614. The van der Waals surface area contributed by atoms with Crippen molar-refractivity contribution in [2.24, 2.45) is 0 Å². The molecular weight excluding hydrogens is 322 g/mol. The van der Waals surface area contributed by atoms with Crippen LogP contribution in [0.4, 0.5) is 11.4 Å². The topological polar surface area (TPSA) is 35.6 Å². The molecule has 0 aliphatic carbocycles. The molecule has 2 aromatic carbocycles. The van der Waals surface area contributed by atoms with Gasteiger partial charge in [-0.1, -0.05) is 38.1 Å². The molecule has 1 fully saturated rings. The van der Waals surface area contributed by atoms with Crippen molar-refractivity contribution in [2.45, 2.75) is 26.7 Å². The lowest BCUT2D eigenvalue weighted by Crippen LogP contribution is -2.48. The first-order valence-corrected chi connectivity index (χ1v) is 9.45. The molecule has 0 unspecified atom stereocenters. The molecule has 0 radical (unpaired) electrons. The average molecular weight is 351 g/mol. The molecule has 0 bridgehead atoms. The summed E-state index contributed by atoms with van der Waals surface area (Å²) in [5.41, 5.74) is 4.72.